The first kappa shape index (κ1) is 18.8. The average molecular weight is 358 g/mol. The van der Waals surface area contributed by atoms with Gasteiger partial charge in [0.25, 0.3) is 5.56 Å². The Bertz CT molecular complexity index is 988. The molecule has 1 heterocycles. The minimum absolute atomic E-state index is 0.0950. The van der Waals surface area contributed by atoms with Crippen molar-refractivity contribution in [3.05, 3.63) is 99.0 Å². The Morgan fingerprint density at radius 2 is 1.56 bits per heavy atom. The van der Waals surface area contributed by atoms with E-state index in [1.807, 2.05) is 12.2 Å². The van der Waals surface area contributed by atoms with Gasteiger partial charge in [-0.05, 0) is 41.2 Å². The normalized spacial score (nSPS) is 11.9. The molecule has 138 valence electrons. The number of rotatable bonds is 4. The van der Waals surface area contributed by atoms with Crippen LogP contribution in [0.5, 0.6) is 0 Å². The zero-order chi connectivity index (χ0) is 19.4. The maximum absolute atomic E-state index is 12.2. The molecule has 0 fully saturated rings. The van der Waals surface area contributed by atoms with Crippen LogP contribution < -0.4 is 5.56 Å². The van der Waals surface area contributed by atoms with Gasteiger partial charge < -0.3 is 0 Å². The van der Waals surface area contributed by atoms with E-state index in [9.17, 15) is 4.79 Å². The van der Waals surface area contributed by atoms with Gasteiger partial charge in [0.1, 0.15) is 0 Å². The maximum Gasteiger partial charge on any atom is 0.267 e. The summed E-state index contributed by atoms with van der Waals surface area (Å²) < 4.78 is 1.51. The predicted molar refractivity (Wildman–Crippen MR) is 113 cm³/mol. The number of benzene rings is 2. The summed E-state index contributed by atoms with van der Waals surface area (Å²) in [6.07, 6.45) is 3.94. The molecular formula is C24H26N2O. The summed E-state index contributed by atoms with van der Waals surface area (Å²) in [4.78, 5) is 12.2. The lowest BCUT2D eigenvalue weighted by molar-refractivity contribution is 0.588. The van der Waals surface area contributed by atoms with Crippen LogP contribution in [0.4, 0.5) is 0 Å². The number of hydrogen-bond acceptors (Lipinski definition) is 2. The van der Waals surface area contributed by atoms with Crippen molar-refractivity contribution in [1.29, 1.82) is 0 Å². The summed E-state index contributed by atoms with van der Waals surface area (Å²) in [6.45, 7) is 9.11. The summed E-state index contributed by atoms with van der Waals surface area (Å²) in [6, 6.07) is 20.0. The molecule has 0 saturated heterocycles. The summed E-state index contributed by atoms with van der Waals surface area (Å²) in [7, 11) is 0. The third-order valence-corrected chi connectivity index (χ3v) is 4.56. The number of nitrogens with zero attached hydrogens (tertiary/aromatic N) is 2. The number of aryl methyl sites for hydroxylation is 1. The van der Waals surface area contributed by atoms with E-state index in [0.29, 0.717) is 6.54 Å². The van der Waals surface area contributed by atoms with Crippen LogP contribution in [0.25, 0.3) is 12.2 Å². The quantitative estimate of drug-likeness (QED) is 0.653. The molecule has 0 saturated carbocycles. The first-order chi connectivity index (χ1) is 12.8. The van der Waals surface area contributed by atoms with Crippen molar-refractivity contribution in [1.82, 2.24) is 9.78 Å². The largest absolute Gasteiger partial charge is 0.268 e. The highest BCUT2D eigenvalue weighted by Crippen LogP contribution is 2.22. The van der Waals surface area contributed by atoms with E-state index >= 15 is 0 Å². The molecule has 0 amide bonds. The second-order valence-electron chi connectivity index (χ2n) is 7.95. The Morgan fingerprint density at radius 3 is 2.19 bits per heavy atom. The molecular weight excluding hydrogens is 332 g/mol. The Labute approximate surface area is 161 Å². The predicted octanol–water partition coefficient (Wildman–Crippen LogP) is 5.07. The van der Waals surface area contributed by atoms with E-state index in [4.69, 9.17) is 0 Å². The van der Waals surface area contributed by atoms with Gasteiger partial charge in [-0.25, -0.2) is 4.68 Å². The molecule has 0 aliphatic rings. The maximum atomic E-state index is 12.2. The van der Waals surface area contributed by atoms with Crippen molar-refractivity contribution >= 4 is 12.2 Å². The van der Waals surface area contributed by atoms with E-state index in [2.05, 4.69) is 81.3 Å². The SMILES string of the molecule is Cc1ccc(/C=C/c2ccc(=O)n(Cc3ccc(C(C)(C)C)cc3)n2)cc1. The van der Waals surface area contributed by atoms with Gasteiger partial charge in [0.05, 0.1) is 12.2 Å². The zero-order valence-electron chi connectivity index (χ0n) is 16.4. The first-order valence-corrected chi connectivity index (χ1v) is 9.24. The monoisotopic (exact) mass is 358 g/mol. The van der Waals surface area contributed by atoms with E-state index in [-0.39, 0.29) is 11.0 Å². The molecule has 3 aromatic rings. The van der Waals surface area contributed by atoms with Crippen molar-refractivity contribution in [2.45, 2.75) is 39.7 Å². The van der Waals surface area contributed by atoms with E-state index in [1.54, 1.807) is 12.1 Å². The second-order valence-corrected chi connectivity index (χ2v) is 7.95. The van der Waals surface area contributed by atoms with Crippen molar-refractivity contribution in [3.8, 4) is 0 Å². The summed E-state index contributed by atoms with van der Waals surface area (Å²) in [5, 5.41) is 4.49. The van der Waals surface area contributed by atoms with Gasteiger partial charge in [-0.15, -0.1) is 0 Å². The van der Waals surface area contributed by atoms with Crippen LogP contribution in [0.1, 0.15) is 48.7 Å². The number of hydrogen-bond donors (Lipinski definition) is 0. The molecule has 3 rings (SSSR count). The zero-order valence-corrected chi connectivity index (χ0v) is 16.4. The second kappa shape index (κ2) is 7.75. The lowest BCUT2D eigenvalue weighted by Gasteiger charge is -2.19. The lowest BCUT2D eigenvalue weighted by atomic mass is 9.87. The molecule has 0 spiro atoms. The van der Waals surface area contributed by atoms with Crippen LogP contribution in [0.2, 0.25) is 0 Å². The van der Waals surface area contributed by atoms with Crippen LogP contribution in [0.15, 0.2) is 65.5 Å². The minimum Gasteiger partial charge on any atom is -0.268 e. The highest BCUT2D eigenvalue weighted by atomic mass is 16.1. The molecule has 0 N–H and O–H groups in total. The van der Waals surface area contributed by atoms with Gasteiger partial charge in [-0.2, -0.15) is 5.10 Å². The Balaban J connectivity index is 1.79. The molecule has 0 aliphatic heterocycles. The summed E-state index contributed by atoms with van der Waals surface area (Å²) in [5.41, 5.74) is 5.48. The van der Waals surface area contributed by atoms with E-state index < -0.39 is 0 Å². The summed E-state index contributed by atoms with van der Waals surface area (Å²) in [5.74, 6) is 0. The highest BCUT2D eigenvalue weighted by Gasteiger charge is 2.13. The van der Waals surface area contributed by atoms with Crippen LogP contribution in [0, 0.1) is 6.92 Å². The first-order valence-electron chi connectivity index (χ1n) is 9.24. The molecule has 3 heteroatoms. The van der Waals surface area contributed by atoms with E-state index in [1.165, 1.54) is 15.8 Å². The molecule has 0 aliphatic carbocycles. The smallest absolute Gasteiger partial charge is 0.267 e. The molecule has 0 unspecified atom stereocenters. The standard InChI is InChI=1S/C24H26N2O/c1-18-5-7-19(8-6-18)11-14-22-15-16-23(27)26(25-22)17-20-9-12-21(13-10-20)24(2,3)4/h5-16H,17H2,1-4H3/b14-11+. The average Bonchev–Trinajstić information content (AvgIpc) is 2.63. The molecule has 0 radical (unpaired) electrons. The third kappa shape index (κ3) is 5.04. The topological polar surface area (TPSA) is 34.9 Å². The highest BCUT2D eigenvalue weighted by molar-refractivity contribution is 5.67. The van der Waals surface area contributed by atoms with Gasteiger partial charge >= 0.3 is 0 Å². The fraction of sp³-hybridized carbons (Fsp3) is 0.250. The molecule has 1 aromatic heterocycles. The minimum atomic E-state index is -0.0950. The van der Waals surface area contributed by atoms with Gasteiger partial charge in [0.15, 0.2) is 0 Å². The summed E-state index contributed by atoms with van der Waals surface area (Å²) >= 11 is 0. The van der Waals surface area contributed by atoms with Crippen LogP contribution in [-0.4, -0.2) is 9.78 Å². The van der Waals surface area contributed by atoms with Crippen molar-refractivity contribution in [3.63, 3.8) is 0 Å². The fourth-order valence-electron chi connectivity index (χ4n) is 2.81. The molecule has 27 heavy (non-hydrogen) atoms. The Hall–Kier alpha value is -2.94. The van der Waals surface area contributed by atoms with Gasteiger partial charge in [-0.1, -0.05) is 80.9 Å². The van der Waals surface area contributed by atoms with Crippen molar-refractivity contribution in [2.75, 3.05) is 0 Å². The number of aromatic nitrogens is 2. The van der Waals surface area contributed by atoms with Crippen LogP contribution in [0.3, 0.4) is 0 Å². The molecule has 3 nitrogen and oxygen atoms in total. The fourth-order valence-corrected chi connectivity index (χ4v) is 2.81. The van der Waals surface area contributed by atoms with Crippen molar-refractivity contribution < 1.29 is 0 Å². The molecule has 0 bridgehead atoms. The van der Waals surface area contributed by atoms with Crippen molar-refractivity contribution in [2.24, 2.45) is 0 Å². The molecule has 2 aromatic carbocycles. The Morgan fingerprint density at radius 1 is 0.889 bits per heavy atom. The third-order valence-electron chi connectivity index (χ3n) is 4.56. The van der Waals surface area contributed by atoms with E-state index in [0.717, 1.165) is 16.8 Å². The Kier molecular flexibility index (Phi) is 5.41. The van der Waals surface area contributed by atoms with Gasteiger partial charge in [0, 0.05) is 6.07 Å². The van der Waals surface area contributed by atoms with Crippen LogP contribution >= 0.6 is 0 Å². The molecule has 0 atom stereocenters. The van der Waals surface area contributed by atoms with Gasteiger partial charge in [0.2, 0.25) is 0 Å². The van der Waals surface area contributed by atoms with Gasteiger partial charge in [-0.3, -0.25) is 4.79 Å². The lowest BCUT2D eigenvalue weighted by Crippen LogP contribution is -2.23. The van der Waals surface area contributed by atoms with Crippen LogP contribution in [-0.2, 0) is 12.0 Å².